The Morgan fingerprint density at radius 1 is 1.81 bits per heavy atom. The Bertz CT molecular complexity index is 442. The number of hydrogen-bond donors (Lipinski definition) is 1. The maximum Gasteiger partial charge on any atom is 0.350 e. The van der Waals surface area contributed by atoms with Crippen molar-refractivity contribution in [1.29, 1.82) is 5.26 Å². The summed E-state index contributed by atoms with van der Waals surface area (Å²) in [6.45, 7) is 1.92. The van der Waals surface area contributed by atoms with Crippen LogP contribution >= 0.6 is 0 Å². The van der Waals surface area contributed by atoms with Gasteiger partial charge in [0.05, 0.1) is 6.61 Å². The van der Waals surface area contributed by atoms with Crippen LogP contribution in [0.3, 0.4) is 0 Å². The van der Waals surface area contributed by atoms with Crippen LogP contribution in [0.1, 0.15) is 6.92 Å². The van der Waals surface area contributed by atoms with Gasteiger partial charge in [-0.25, -0.2) is 4.79 Å². The minimum Gasteiger partial charge on any atom is -0.462 e. The van der Waals surface area contributed by atoms with Crippen LogP contribution in [-0.2, 0) is 16.6 Å². The van der Waals surface area contributed by atoms with Gasteiger partial charge in [-0.3, -0.25) is 4.68 Å². The van der Waals surface area contributed by atoms with E-state index in [0.29, 0.717) is 5.82 Å². The molecule has 0 radical (unpaired) electrons. The molecule has 0 fully saturated rings. The Labute approximate surface area is 93.1 Å². The van der Waals surface area contributed by atoms with E-state index in [1.165, 1.54) is 6.20 Å². The predicted octanol–water partition coefficient (Wildman–Crippen LogP) is 0.803. The molecule has 0 aliphatic carbocycles. The predicted molar refractivity (Wildman–Crippen MR) is 57.2 cm³/mol. The van der Waals surface area contributed by atoms with Crippen molar-refractivity contribution in [1.82, 2.24) is 9.78 Å². The number of carbonyl (C=O) groups is 1. The highest BCUT2D eigenvalue weighted by atomic mass is 16.5. The number of rotatable bonds is 4. The number of aryl methyl sites for hydroxylation is 1. The van der Waals surface area contributed by atoms with E-state index in [-0.39, 0.29) is 12.2 Å². The number of nitrogens with one attached hydrogen (secondary N) is 1. The highest BCUT2D eigenvalue weighted by molar-refractivity contribution is 5.93. The zero-order valence-corrected chi connectivity index (χ0v) is 9.10. The van der Waals surface area contributed by atoms with E-state index in [1.54, 1.807) is 37.0 Å². The van der Waals surface area contributed by atoms with Crippen LogP contribution in [-0.4, -0.2) is 22.4 Å². The van der Waals surface area contributed by atoms with Crippen LogP contribution in [0.5, 0.6) is 0 Å². The van der Waals surface area contributed by atoms with Crippen molar-refractivity contribution in [2.45, 2.75) is 6.92 Å². The molecule has 6 heteroatoms. The van der Waals surface area contributed by atoms with E-state index in [4.69, 9.17) is 10.00 Å². The molecule has 84 valence electrons. The van der Waals surface area contributed by atoms with Gasteiger partial charge in [0.1, 0.15) is 6.07 Å². The number of ether oxygens (including phenoxy) is 1. The summed E-state index contributed by atoms with van der Waals surface area (Å²) >= 11 is 0. The first-order valence-corrected chi connectivity index (χ1v) is 4.71. The van der Waals surface area contributed by atoms with Gasteiger partial charge in [-0.2, -0.15) is 10.4 Å². The lowest BCUT2D eigenvalue weighted by Crippen LogP contribution is -2.08. The fourth-order valence-electron chi connectivity index (χ4n) is 0.984. The molecule has 0 aliphatic rings. The van der Waals surface area contributed by atoms with E-state index >= 15 is 0 Å². The van der Waals surface area contributed by atoms with Crippen molar-refractivity contribution < 1.29 is 9.53 Å². The number of hydrogen-bond acceptors (Lipinski definition) is 5. The summed E-state index contributed by atoms with van der Waals surface area (Å²) < 4.78 is 6.30. The number of esters is 1. The number of nitrogens with zero attached hydrogens (tertiary/aromatic N) is 3. The summed E-state index contributed by atoms with van der Waals surface area (Å²) in [5.74, 6) is -0.0898. The van der Waals surface area contributed by atoms with Crippen molar-refractivity contribution in [3.63, 3.8) is 0 Å². The molecular formula is C10H12N4O2. The minimum atomic E-state index is -0.645. The van der Waals surface area contributed by atoms with Crippen LogP contribution in [0.25, 0.3) is 0 Å². The van der Waals surface area contributed by atoms with Gasteiger partial charge in [0.25, 0.3) is 0 Å². The second-order valence-corrected chi connectivity index (χ2v) is 2.91. The third-order valence-corrected chi connectivity index (χ3v) is 1.69. The lowest BCUT2D eigenvalue weighted by atomic mass is 10.3. The average molecular weight is 220 g/mol. The maximum atomic E-state index is 11.2. The van der Waals surface area contributed by atoms with Crippen LogP contribution in [0, 0.1) is 11.3 Å². The molecule has 0 aliphatic heterocycles. The van der Waals surface area contributed by atoms with E-state index in [2.05, 4.69) is 10.4 Å². The van der Waals surface area contributed by atoms with Gasteiger partial charge in [-0.1, -0.05) is 0 Å². The number of aromatic nitrogens is 2. The van der Waals surface area contributed by atoms with Crippen LogP contribution in [0.4, 0.5) is 5.82 Å². The fraction of sp³-hybridized carbons (Fsp3) is 0.300. The molecule has 0 spiro atoms. The van der Waals surface area contributed by atoms with Gasteiger partial charge < -0.3 is 10.1 Å². The smallest absolute Gasteiger partial charge is 0.350 e. The van der Waals surface area contributed by atoms with Crippen molar-refractivity contribution >= 4 is 11.8 Å². The van der Waals surface area contributed by atoms with E-state index in [0.717, 1.165) is 0 Å². The van der Waals surface area contributed by atoms with Gasteiger partial charge in [0.2, 0.25) is 0 Å². The standard InChI is InChI=1S/C10H12N4O2/c1-3-16-10(15)8(6-11)7-12-9-4-5-14(2)13-9/h4-5,7H,3H2,1-2H3,(H,12,13). The Balaban J connectivity index is 2.67. The minimum absolute atomic E-state index is 0.0903. The highest BCUT2D eigenvalue weighted by Gasteiger charge is 2.09. The summed E-state index contributed by atoms with van der Waals surface area (Å²) in [6.07, 6.45) is 3.02. The summed E-state index contributed by atoms with van der Waals surface area (Å²) in [5, 5.41) is 15.5. The lowest BCUT2D eigenvalue weighted by molar-refractivity contribution is -0.138. The van der Waals surface area contributed by atoms with Crippen LogP contribution in [0.2, 0.25) is 0 Å². The molecule has 1 rings (SSSR count). The molecule has 0 aromatic carbocycles. The Kier molecular flexibility index (Phi) is 4.09. The summed E-state index contributed by atoms with van der Waals surface area (Å²) in [4.78, 5) is 11.2. The zero-order chi connectivity index (χ0) is 12.0. The summed E-state index contributed by atoms with van der Waals surface area (Å²) in [7, 11) is 1.77. The van der Waals surface area contributed by atoms with E-state index in [1.807, 2.05) is 0 Å². The van der Waals surface area contributed by atoms with Gasteiger partial charge in [-0.05, 0) is 6.92 Å². The number of nitriles is 1. The molecule has 1 heterocycles. The normalized spacial score (nSPS) is 10.7. The molecule has 0 bridgehead atoms. The lowest BCUT2D eigenvalue weighted by Gasteiger charge is -1.99. The van der Waals surface area contributed by atoms with Crippen molar-refractivity contribution in [3.05, 3.63) is 24.0 Å². The summed E-state index contributed by atoms with van der Waals surface area (Å²) in [6, 6.07) is 3.47. The zero-order valence-electron chi connectivity index (χ0n) is 9.10. The van der Waals surface area contributed by atoms with Gasteiger partial charge in [0.15, 0.2) is 11.4 Å². The molecule has 1 N–H and O–H groups in total. The molecular weight excluding hydrogens is 208 g/mol. The van der Waals surface area contributed by atoms with Crippen molar-refractivity contribution in [3.8, 4) is 6.07 Å². The monoisotopic (exact) mass is 220 g/mol. The second kappa shape index (κ2) is 5.56. The molecule has 16 heavy (non-hydrogen) atoms. The summed E-state index contributed by atoms with van der Waals surface area (Å²) in [5.41, 5.74) is -0.0903. The van der Waals surface area contributed by atoms with Gasteiger partial charge in [0, 0.05) is 25.5 Å². The first kappa shape index (κ1) is 11.8. The number of anilines is 1. The van der Waals surface area contributed by atoms with E-state index in [9.17, 15) is 4.79 Å². The van der Waals surface area contributed by atoms with Crippen molar-refractivity contribution in [2.24, 2.45) is 7.05 Å². The Morgan fingerprint density at radius 2 is 2.56 bits per heavy atom. The molecule has 0 saturated heterocycles. The van der Waals surface area contributed by atoms with Gasteiger partial charge >= 0.3 is 5.97 Å². The number of carbonyl (C=O) groups excluding carboxylic acids is 1. The fourth-order valence-corrected chi connectivity index (χ4v) is 0.984. The van der Waals surface area contributed by atoms with Crippen molar-refractivity contribution in [2.75, 3.05) is 11.9 Å². The molecule has 0 unspecified atom stereocenters. The van der Waals surface area contributed by atoms with Crippen LogP contribution < -0.4 is 5.32 Å². The topological polar surface area (TPSA) is 79.9 Å². The van der Waals surface area contributed by atoms with Gasteiger partial charge in [-0.15, -0.1) is 0 Å². The molecule has 1 aromatic rings. The second-order valence-electron chi connectivity index (χ2n) is 2.91. The SMILES string of the molecule is CCOC(=O)C(C#N)=CNc1ccn(C)n1. The Hall–Kier alpha value is -2.29. The van der Waals surface area contributed by atoms with Crippen LogP contribution in [0.15, 0.2) is 24.0 Å². The highest BCUT2D eigenvalue weighted by Crippen LogP contribution is 2.03. The van der Waals surface area contributed by atoms with E-state index < -0.39 is 5.97 Å². The average Bonchev–Trinajstić information content (AvgIpc) is 2.65. The third kappa shape index (κ3) is 3.13. The largest absolute Gasteiger partial charge is 0.462 e. The maximum absolute atomic E-state index is 11.2. The first-order chi connectivity index (χ1) is 7.67. The molecule has 0 amide bonds. The Morgan fingerprint density at radius 3 is 3.06 bits per heavy atom. The first-order valence-electron chi connectivity index (χ1n) is 4.71. The molecule has 0 atom stereocenters. The third-order valence-electron chi connectivity index (χ3n) is 1.69. The molecule has 0 saturated carbocycles. The molecule has 1 aromatic heterocycles. The molecule has 6 nitrogen and oxygen atoms in total. The quantitative estimate of drug-likeness (QED) is 0.461.